The summed E-state index contributed by atoms with van der Waals surface area (Å²) in [6, 6.07) is 12.9. The lowest BCUT2D eigenvalue weighted by atomic mass is 9.87. The van der Waals surface area contributed by atoms with Crippen molar-refractivity contribution >= 4 is 28.6 Å². The van der Waals surface area contributed by atoms with Crippen LogP contribution >= 0.6 is 0 Å². The van der Waals surface area contributed by atoms with Gasteiger partial charge >= 0.3 is 5.97 Å². The molecule has 2 N–H and O–H groups in total. The predicted octanol–water partition coefficient (Wildman–Crippen LogP) is 4.21. The van der Waals surface area contributed by atoms with Crippen LogP contribution in [0.25, 0.3) is 10.9 Å². The SMILES string of the molecule is CCC(Oc1ccc2c(NC(=O)COc3ccc(C(C)(C)C)cc3)n[nH]c2c1)C(=O)OC. The fourth-order valence-corrected chi connectivity index (χ4v) is 3.13. The van der Waals surface area contributed by atoms with Crippen molar-refractivity contribution in [3.05, 3.63) is 48.0 Å². The van der Waals surface area contributed by atoms with Crippen LogP contribution in [0.5, 0.6) is 11.5 Å². The van der Waals surface area contributed by atoms with Crippen LogP contribution < -0.4 is 14.8 Å². The highest BCUT2D eigenvalue weighted by Crippen LogP contribution is 2.26. The molecule has 0 fully saturated rings. The number of esters is 1. The van der Waals surface area contributed by atoms with Gasteiger partial charge in [-0.15, -0.1) is 0 Å². The first-order valence-electron chi connectivity index (χ1n) is 10.5. The molecule has 3 aromatic rings. The van der Waals surface area contributed by atoms with Gasteiger partial charge in [-0.25, -0.2) is 4.79 Å². The molecule has 170 valence electrons. The molecule has 0 spiro atoms. The number of aromatic amines is 1. The smallest absolute Gasteiger partial charge is 0.347 e. The molecule has 2 aromatic carbocycles. The second kappa shape index (κ2) is 9.72. The number of anilines is 1. The van der Waals surface area contributed by atoms with Gasteiger partial charge in [0.15, 0.2) is 18.5 Å². The van der Waals surface area contributed by atoms with Crippen molar-refractivity contribution in [2.75, 3.05) is 19.0 Å². The number of rotatable bonds is 8. The molecule has 1 amide bonds. The van der Waals surface area contributed by atoms with Gasteiger partial charge in [-0.3, -0.25) is 9.89 Å². The normalized spacial score (nSPS) is 12.3. The summed E-state index contributed by atoms with van der Waals surface area (Å²) < 4.78 is 16.0. The molecule has 1 aromatic heterocycles. The molecule has 0 saturated heterocycles. The number of carbonyl (C=O) groups excluding carboxylic acids is 2. The molecule has 8 nitrogen and oxygen atoms in total. The number of hydrogen-bond donors (Lipinski definition) is 2. The molecule has 32 heavy (non-hydrogen) atoms. The lowest BCUT2D eigenvalue weighted by molar-refractivity contribution is -0.148. The van der Waals surface area contributed by atoms with E-state index in [0.29, 0.717) is 34.6 Å². The third kappa shape index (κ3) is 5.57. The van der Waals surface area contributed by atoms with Gasteiger partial charge in [0.05, 0.1) is 12.6 Å². The van der Waals surface area contributed by atoms with E-state index in [9.17, 15) is 9.59 Å². The standard InChI is InChI=1S/C24H29N3O5/c1-6-20(23(29)30-5)32-17-11-12-18-19(13-17)26-27-22(18)25-21(28)14-31-16-9-7-15(8-10-16)24(2,3)4/h7-13,20H,6,14H2,1-5H3,(H2,25,26,27,28). The summed E-state index contributed by atoms with van der Waals surface area (Å²) in [5.41, 5.74) is 1.91. The van der Waals surface area contributed by atoms with Gasteiger partial charge in [0.2, 0.25) is 0 Å². The summed E-state index contributed by atoms with van der Waals surface area (Å²) in [6.07, 6.45) is -0.206. The minimum atomic E-state index is -0.686. The molecule has 1 unspecified atom stereocenters. The first-order chi connectivity index (χ1) is 15.2. The van der Waals surface area contributed by atoms with Crippen molar-refractivity contribution in [2.24, 2.45) is 0 Å². The summed E-state index contributed by atoms with van der Waals surface area (Å²) in [5.74, 6) is 0.757. The van der Waals surface area contributed by atoms with E-state index in [0.717, 1.165) is 0 Å². The van der Waals surface area contributed by atoms with E-state index in [-0.39, 0.29) is 17.9 Å². The highest BCUT2D eigenvalue weighted by molar-refractivity contribution is 6.00. The van der Waals surface area contributed by atoms with E-state index in [1.807, 2.05) is 31.2 Å². The van der Waals surface area contributed by atoms with Crippen molar-refractivity contribution in [3.63, 3.8) is 0 Å². The number of H-pyrrole nitrogens is 1. The minimum absolute atomic E-state index is 0.0541. The molecule has 0 aliphatic heterocycles. The third-order valence-electron chi connectivity index (χ3n) is 5.00. The van der Waals surface area contributed by atoms with Crippen molar-refractivity contribution in [1.29, 1.82) is 0 Å². The maximum absolute atomic E-state index is 12.3. The molecule has 1 atom stereocenters. The molecule has 1 heterocycles. The molecular weight excluding hydrogens is 410 g/mol. The molecule has 0 bridgehead atoms. The van der Waals surface area contributed by atoms with Gasteiger partial charge in [0.1, 0.15) is 11.5 Å². The number of methoxy groups -OCH3 is 1. The van der Waals surface area contributed by atoms with E-state index in [2.05, 4.69) is 36.3 Å². The summed E-state index contributed by atoms with van der Waals surface area (Å²) in [5, 5.41) is 10.5. The van der Waals surface area contributed by atoms with Crippen LogP contribution in [-0.4, -0.2) is 41.9 Å². The van der Waals surface area contributed by atoms with E-state index < -0.39 is 12.1 Å². The molecule has 0 aliphatic carbocycles. The summed E-state index contributed by atoms with van der Waals surface area (Å²) in [7, 11) is 1.33. The Balaban J connectivity index is 1.61. The zero-order valence-corrected chi connectivity index (χ0v) is 19.0. The average molecular weight is 440 g/mol. The monoisotopic (exact) mass is 439 g/mol. The minimum Gasteiger partial charge on any atom is -0.484 e. The third-order valence-corrected chi connectivity index (χ3v) is 5.00. The summed E-state index contributed by atoms with van der Waals surface area (Å²) >= 11 is 0. The van der Waals surface area contributed by atoms with Crippen LogP contribution in [0.3, 0.4) is 0 Å². The molecule has 0 radical (unpaired) electrons. The van der Waals surface area contributed by atoms with E-state index in [1.54, 1.807) is 18.2 Å². The number of fused-ring (bicyclic) bond motifs is 1. The number of ether oxygens (including phenoxy) is 3. The van der Waals surface area contributed by atoms with E-state index >= 15 is 0 Å². The van der Waals surface area contributed by atoms with Gasteiger partial charge in [-0.2, -0.15) is 5.10 Å². The lowest BCUT2D eigenvalue weighted by Gasteiger charge is -2.19. The van der Waals surface area contributed by atoms with E-state index in [4.69, 9.17) is 14.2 Å². The summed E-state index contributed by atoms with van der Waals surface area (Å²) in [6.45, 7) is 8.12. The predicted molar refractivity (Wildman–Crippen MR) is 122 cm³/mol. The fourth-order valence-electron chi connectivity index (χ4n) is 3.13. The van der Waals surface area contributed by atoms with Crippen LogP contribution in [0.4, 0.5) is 5.82 Å². The van der Waals surface area contributed by atoms with Gasteiger partial charge in [-0.1, -0.05) is 39.8 Å². The quantitative estimate of drug-likeness (QED) is 0.510. The zero-order valence-electron chi connectivity index (χ0n) is 19.0. The molecule has 3 rings (SSSR count). The van der Waals surface area contributed by atoms with Crippen molar-refractivity contribution in [2.45, 2.75) is 45.6 Å². The number of nitrogens with zero attached hydrogens (tertiary/aromatic N) is 1. The van der Waals surface area contributed by atoms with Crippen LogP contribution in [-0.2, 0) is 19.7 Å². The van der Waals surface area contributed by atoms with Crippen LogP contribution in [0.15, 0.2) is 42.5 Å². The van der Waals surface area contributed by atoms with Gasteiger partial charge in [0.25, 0.3) is 5.91 Å². The molecular formula is C24H29N3O5. The highest BCUT2D eigenvalue weighted by Gasteiger charge is 2.19. The van der Waals surface area contributed by atoms with Crippen LogP contribution in [0.2, 0.25) is 0 Å². The van der Waals surface area contributed by atoms with Crippen molar-refractivity contribution in [1.82, 2.24) is 10.2 Å². The maximum Gasteiger partial charge on any atom is 0.347 e. The van der Waals surface area contributed by atoms with Crippen molar-refractivity contribution < 1.29 is 23.8 Å². The largest absolute Gasteiger partial charge is 0.484 e. The number of benzene rings is 2. The number of aromatic nitrogens is 2. The lowest BCUT2D eigenvalue weighted by Crippen LogP contribution is -2.27. The maximum atomic E-state index is 12.3. The van der Waals surface area contributed by atoms with Crippen molar-refractivity contribution in [3.8, 4) is 11.5 Å². The Labute approximate surface area is 187 Å². The second-order valence-corrected chi connectivity index (χ2v) is 8.43. The topological polar surface area (TPSA) is 103 Å². The Morgan fingerprint density at radius 3 is 2.41 bits per heavy atom. The Hall–Kier alpha value is -3.55. The molecule has 0 saturated carbocycles. The summed E-state index contributed by atoms with van der Waals surface area (Å²) in [4.78, 5) is 24.1. The molecule has 8 heteroatoms. The molecule has 0 aliphatic rings. The first kappa shape index (κ1) is 23.1. The number of carbonyl (C=O) groups is 2. The number of amides is 1. The number of hydrogen-bond acceptors (Lipinski definition) is 6. The van der Waals surface area contributed by atoms with E-state index in [1.165, 1.54) is 12.7 Å². The van der Waals surface area contributed by atoms with Gasteiger partial charge < -0.3 is 19.5 Å². The second-order valence-electron chi connectivity index (χ2n) is 8.43. The Morgan fingerprint density at radius 2 is 1.78 bits per heavy atom. The Kier molecular flexibility index (Phi) is 7.02. The highest BCUT2D eigenvalue weighted by atomic mass is 16.6. The van der Waals surface area contributed by atoms with Gasteiger partial charge in [0, 0.05) is 11.5 Å². The average Bonchev–Trinajstić information content (AvgIpc) is 3.17. The fraction of sp³-hybridized carbons (Fsp3) is 0.375. The Bertz CT molecular complexity index is 1080. The zero-order chi connectivity index (χ0) is 23.3. The Morgan fingerprint density at radius 1 is 1.09 bits per heavy atom. The van der Waals surface area contributed by atoms with Crippen LogP contribution in [0, 0.1) is 0 Å². The first-order valence-corrected chi connectivity index (χ1v) is 10.5. The number of nitrogens with one attached hydrogen (secondary N) is 2. The van der Waals surface area contributed by atoms with Gasteiger partial charge in [-0.05, 0) is 41.7 Å². The van der Waals surface area contributed by atoms with Crippen LogP contribution in [0.1, 0.15) is 39.7 Å².